The van der Waals surface area contributed by atoms with E-state index in [0.29, 0.717) is 22.4 Å². The lowest BCUT2D eigenvalue weighted by Crippen LogP contribution is -2.19. The van der Waals surface area contributed by atoms with Crippen molar-refractivity contribution in [3.05, 3.63) is 59.1 Å². The van der Waals surface area contributed by atoms with Crippen LogP contribution in [0.25, 0.3) is 5.57 Å². The van der Waals surface area contributed by atoms with Gasteiger partial charge in [-0.2, -0.15) is 13.2 Å². The van der Waals surface area contributed by atoms with Crippen LogP contribution in [0.1, 0.15) is 17.5 Å². The Morgan fingerprint density at radius 2 is 1.88 bits per heavy atom. The summed E-state index contributed by atoms with van der Waals surface area (Å²) in [7, 11) is -4.30. The zero-order valence-electron chi connectivity index (χ0n) is 12.6. The summed E-state index contributed by atoms with van der Waals surface area (Å²) in [4.78, 5) is 3.51. The van der Waals surface area contributed by atoms with E-state index in [1.165, 1.54) is 24.4 Å². The van der Waals surface area contributed by atoms with Crippen LogP contribution in [0.2, 0.25) is 0 Å². The Balaban J connectivity index is 2.06. The highest BCUT2D eigenvalue weighted by atomic mass is 32.2. The van der Waals surface area contributed by atoms with Gasteiger partial charge in [-0.3, -0.25) is 4.99 Å². The highest BCUT2D eigenvalue weighted by molar-refractivity contribution is 7.89. The van der Waals surface area contributed by atoms with E-state index in [0.717, 1.165) is 12.1 Å². The molecule has 4 nitrogen and oxygen atoms in total. The maximum atomic E-state index is 13.3. The molecule has 0 amide bonds. The number of sulfonamides is 1. The zero-order valence-corrected chi connectivity index (χ0v) is 13.5. The molecule has 0 bridgehead atoms. The van der Waals surface area contributed by atoms with Gasteiger partial charge in [0.05, 0.1) is 17.0 Å². The van der Waals surface area contributed by atoms with Crippen LogP contribution >= 0.6 is 0 Å². The van der Waals surface area contributed by atoms with E-state index < -0.39 is 33.1 Å². The van der Waals surface area contributed by atoms with Crippen molar-refractivity contribution in [3.63, 3.8) is 0 Å². The van der Waals surface area contributed by atoms with Gasteiger partial charge in [0.25, 0.3) is 0 Å². The van der Waals surface area contributed by atoms with Gasteiger partial charge in [0.1, 0.15) is 5.83 Å². The van der Waals surface area contributed by atoms with Gasteiger partial charge in [0, 0.05) is 23.8 Å². The van der Waals surface area contributed by atoms with Crippen LogP contribution in [-0.2, 0) is 16.4 Å². The van der Waals surface area contributed by atoms with Gasteiger partial charge in [-0.25, -0.2) is 17.9 Å². The van der Waals surface area contributed by atoms with Crippen LogP contribution in [0.3, 0.4) is 0 Å². The summed E-state index contributed by atoms with van der Waals surface area (Å²) in [5.41, 5.74) is 1.49. The average Bonchev–Trinajstić information content (AvgIpc) is 2.87. The van der Waals surface area contributed by atoms with E-state index in [-0.39, 0.29) is 12.2 Å². The summed E-state index contributed by atoms with van der Waals surface area (Å²) in [5, 5.41) is 5.01. The second-order valence-corrected chi connectivity index (χ2v) is 7.18. The fourth-order valence-corrected chi connectivity index (χ4v) is 3.52. The molecule has 0 fully saturated rings. The first-order valence-corrected chi connectivity index (χ1v) is 8.66. The van der Waals surface area contributed by atoms with E-state index in [4.69, 9.17) is 5.14 Å². The van der Waals surface area contributed by atoms with Gasteiger partial charge in [0.15, 0.2) is 0 Å². The molecule has 0 saturated carbocycles. The summed E-state index contributed by atoms with van der Waals surface area (Å²) >= 11 is 0. The fraction of sp³-hybridized carbons (Fsp3) is 0.188. The molecule has 0 unspecified atom stereocenters. The second-order valence-electron chi connectivity index (χ2n) is 5.65. The summed E-state index contributed by atoms with van der Waals surface area (Å²) in [6, 6.07) is 3.54. The molecule has 1 heterocycles. The third-order valence-corrected chi connectivity index (χ3v) is 4.80. The van der Waals surface area contributed by atoms with Crippen molar-refractivity contribution in [2.75, 3.05) is 0 Å². The summed E-state index contributed by atoms with van der Waals surface area (Å²) in [5.74, 6) is -0.362. The van der Waals surface area contributed by atoms with Crippen molar-refractivity contribution in [1.82, 2.24) is 0 Å². The van der Waals surface area contributed by atoms with Gasteiger partial charge in [-0.05, 0) is 35.4 Å². The number of alkyl halides is 3. The average molecular weight is 372 g/mol. The van der Waals surface area contributed by atoms with Gasteiger partial charge in [-0.15, -0.1) is 0 Å². The van der Waals surface area contributed by atoms with Crippen LogP contribution in [-0.4, -0.2) is 20.3 Å². The Bertz CT molecular complexity index is 970. The fourth-order valence-electron chi connectivity index (χ4n) is 2.77. The molecule has 2 aliphatic rings. The number of hydrogen-bond acceptors (Lipinski definition) is 3. The SMILES string of the molecule is NS(=O)(=O)c1ccc(C2=CN=C3CC(F)=CC=C23)cc1CC(F)(F)F. The zero-order chi connectivity index (χ0) is 18.4. The molecule has 2 N–H and O–H groups in total. The van der Waals surface area contributed by atoms with E-state index >= 15 is 0 Å². The molecule has 9 heteroatoms. The van der Waals surface area contributed by atoms with Crippen LogP contribution in [0.15, 0.2) is 57.8 Å². The number of nitrogens with two attached hydrogens (primary N) is 1. The van der Waals surface area contributed by atoms with Crippen LogP contribution < -0.4 is 5.14 Å². The monoisotopic (exact) mass is 372 g/mol. The topological polar surface area (TPSA) is 72.5 Å². The molecule has 0 atom stereocenters. The number of nitrogens with zero attached hydrogens (tertiary/aromatic N) is 1. The first-order chi connectivity index (χ1) is 11.5. The number of halogens is 4. The van der Waals surface area contributed by atoms with Crippen molar-refractivity contribution in [2.45, 2.75) is 23.9 Å². The molecule has 1 aliphatic heterocycles. The van der Waals surface area contributed by atoms with E-state index in [1.54, 1.807) is 0 Å². The number of hydrogen-bond donors (Lipinski definition) is 1. The minimum Gasteiger partial charge on any atom is -0.260 e. The largest absolute Gasteiger partial charge is 0.393 e. The minimum atomic E-state index is -4.60. The highest BCUT2D eigenvalue weighted by Gasteiger charge is 2.31. The Morgan fingerprint density at radius 3 is 2.52 bits per heavy atom. The molecule has 1 aliphatic carbocycles. The maximum Gasteiger partial charge on any atom is 0.393 e. The Hall–Kier alpha value is -2.26. The van der Waals surface area contributed by atoms with Crippen LogP contribution in [0, 0.1) is 0 Å². The Labute approximate surface area is 141 Å². The molecular weight excluding hydrogens is 360 g/mol. The van der Waals surface area contributed by atoms with Gasteiger partial charge in [-0.1, -0.05) is 6.07 Å². The first-order valence-electron chi connectivity index (χ1n) is 7.11. The molecule has 0 saturated heterocycles. The van der Waals surface area contributed by atoms with Crippen LogP contribution in [0.5, 0.6) is 0 Å². The van der Waals surface area contributed by atoms with Gasteiger partial charge >= 0.3 is 6.18 Å². The van der Waals surface area contributed by atoms with Crippen molar-refractivity contribution in [1.29, 1.82) is 0 Å². The Kier molecular flexibility index (Phi) is 4.16. The predicted octanol–water partition coefficient (Wildman–Crippen LogP) is 3.42. The maximum absolute atomic E-state index is 13.3. The van der Waals surface area contributed by atoms with Crippen molar-refractivity contribution < 1.29 is 26.0 Å². The highest BCUT2D eigenvalue weighted by Crippen LogP contribution is 2.36. The van der Waals surface area contributed by atoms with E-state index in [2.05, 4.69) is 4.99 Å². The molecule has 1 aromatic rings. The number of primary sulfonamides is 1. The first kappa shape index (κ1) is 17.6. The minimum absolute atomic E-state index is 0.0104. The molecule has 25 heavy (non-hydrogen) atoms. The van der Waals surface area contributed by atoms with Crippen molar-refractivity contribution in [2.24, 2.45) is 10.1 Å². The molecule has 1 aromatic carbocycles. The van der Waals surface area contributed by atoms with Gasteiger partial charge < -0.3 is 0 Å². The predicted molar refractivity (Wildman–Crippen MR) is 84.9 cm³/mol. The number of rotatable bonds is 3. The summed E-state index contributed by atoms with van der Waals surface area (Å²) in [6.45, 7) is 0. The quantitative estimate of drug-likeness (QED) is 0.826. The third kappa shape index (κ3) is 3.72. The number of fused-ring (bicyclic) bond motifs is 1. The normalized spacial score (nSPS) is 17.5. The number of aliphatic imine (C=N–C) groups is 1. The lowest BCUT2D eigenvalue weighted by molar-refractivity contribution is -0.127. The molecule has 132 valence electrons. The number of allylic oxidation sites excluding steroid dienone is 5. The summed E-state index contributed by atoms with van der Waals surface area (Å²) in [6.07, 6.45) is -1.83. The smallest absolute Gasteiger partial charge is 0.260 e. The molecule has 0 radical (unpaired) electrons. The van der Waals surface area contributed by atoms with E-state index in [1.807, 2.05) is 0 Å². The molecule has 0 aromatic heterocycles. The molecular formula is C16H12F4N2O2S. The Morgan fingerprint density at radius 1 is 1.16 bits per heavy atom. The van der Waals surface area contributed by atoms with Crippen molar-refractivity contribution >= 4 is 21.3 Å². The van der Waals surface area contributed by atoms with Crippen LogP contribution in [0.4, 0.5) is 17.6 Å². The molecule has 0 spiro atoms. The van der Waals surface area contributed by atoms with Crippen molar-refractivity contribution in [3.8, 4) is 0 Å². The van der Waals surface area contributed by atoms with E-state index in [9.17, 15) is 26.0 Å². The second kappa shape index (κ2) is 5.92. The standard InChI is InChI=1S/C16H12F4N2O2S/c17-11-2-3-12-13(8-22-14(12)6-11)9-1-4-15(25(21,23)24)10(5-9)7-16(18,19)20/h1-5,8H,6-7H2,(H2,21,23,24). The lowest BCUT2D eigenvalue weighted by atomic mass is 9.91. The lowest BCUT2D eigenvalue weighted by Gasteiger charge is -2.15. The molecule has 3 rings (SSSR count). The summed E-state index contributed by atoms with van der Waals surface area (Å²) < 4.78 is 74.8. The van der Waals surface area contributed by atoms with Gasteiger partial charge in [0.2, 0.25) is 10.0 Å². The number of benzene rings is 1. The third-order valence-electron chi connectivity index (χ3n) is 3.79.